The molecule has 0 aromatic carbocycles. The molecule has 0 radical (unpaired) electrons. The van der Waals surface area contributed by atoms with Crippen molar-refractivity contribution in [3.63, 3.8) is 0 Å². The maximum atomic E-state index is 13.0. The van der Waals surface area contributed by atoms with E-state index in [4.69, 9.17) is 16.2 Å². The van der Waals surface area contributed by atoms with Gasteiger partial charge >= 0.3 is 5.97 Å². The summed E-state index contributed by atoms with van der Waals surface area (Å²) in [6.45, 7) is 5.30. The predicted octanol–water partition coefficient (Wildman–Crippen LogP) is 5.26. The van der Waals surface area contributed by atoms with Crippen LogP contribution in [0.2, 0.25) is 0 Å². The number of nitrogens with one attached hydrogen (secondary N) is 2. The van der Waals surface area contributed by atoms with Crippen molar-refractivity contribution < 1.29 is 19.1 Å². The molecule has 0 saturated heterocycles. The fraction of sp³-hybridized carbons (Fsp3) is 0.900. The molecule has 0 aromatic rings. The molecule has 2 atom stereocenters. The van der Waals surface area contributed by atoms with E-state index in [0.29, 0.717) is 38.8 Å². The van der Waals surface area contributed by atoms with Gasteiger partial charge in [-0.3, -0.25) is 9.59 Å². The van der Waals surface area contributed by atoms with Gasteiger partial charge in [0.1, 0.15) is 12.1 Å². The van der Waals surface area contributed by atoms with Crippen LogP contribution in [0.4, 0.5) is 0 Å². The molecule has 0 spiro atoms. The minimum absolute atomic E-state index is 0.114. The van der Waals surface area contributed by atoms with Gasteiger partial charge in [-0.05, 0) is 65.0 Å². The number of esters is 1. The average Bonchev–Trinajstić information content (AvgIpc) is 2.90. The Bertz CT molecular complexity index is 589. The summed E-state index contributed by atoms with van der Waals surface area (Å²) in [6, 6.07) is -1.41. The SMILES string of the molecule is CCCCCCCCCCCCCCCC(=O)N[C@@H](CCCCN)C(=O)N[C@@H](CCCCN)C(=O)OCC. The Morgan fingerprint density at radius 2 is 1.08 bits per heavy atom. The highest BCUT2D eigenvalue weighted by Gasteiger charge is 2.27. The molecule has 0 saturated carbocycles. The second-order valence-electron chi connectivity index (χ2n) is 10.5. The number of hydrogen-bond acceptors (Lipinski definition) is 6. The highest BCUT2D eigenvalue weighted by Crippen LogP contribution is 2.13. The van der Waals surface area contributed by atoms with E-state index in [1.165, 1.54) is 64.2 Å². The van der Waals surface area contributed by atoms with Gasteiger partial charge in [0, 0.05) is 6.42 Å². The summed E-state index contributed by atoms with van der Waals surface area (Å²) in [5.74, 6) is -0.903. The molecule has 2 amide bonds. The largest absolute Gasteiger partial charge is 0.464 e. The van der Waals surface area contributed by atoms with Crippen molar-refractivity contribution in [2.75, 3.05) is 19.7 Å². The number of amides is 2. The van der Waals surface area contributed by atoms with Crippen LogP contribution < -0.4 is 22.1 Å². The molecule has 8 nitrogen and oxygen atoms in total. The second kappa shape index (κ2) is 26.9. The van der Waals surface area contributed by atoms with Gasteiger partial charge in [-0.25, -0.2) is 4.79 Å². The van der Waals surface area contributed by atoms with Gasteiger partial charge in [-0.2, -0.15) is 0 Å². The number of carbonyl (C=O) groups is 3. The Morgan fingerprint density at radius 1 is 0.605 bits per heavy atom. The van der Waals surface area contributed by atoms with Crippen LogP contribution in [-0.2, 0) is 19.1 Å². The minimum Gasteiger partial charge on any atom is -0.464 e. The van der Waals surface area contributed by atoms with Crippen molar-refractivity contribution in [2.24, 2.45) is 11.5 Å². The molecule has 0 aliphatic carbocycles. The Hall–Kier alpha value is -1.67. The Morgan fingerprint density at radius 3 is 1.55 bits per heavy atom. The smallest absolute Gasteiger partial charge is 0.328 e. The van der Waals surface area contributed by atoms with Gasteiger partial charge in [0.15, 0.2) is 0 Å². The van der Waals surface area contributed by atoms with Gasteiger partial charge < -0.3 is 26.8 Å². The normalized spacial score (nSPS) is 12.6. The van der Waals surface area contributed by atoms with Crippen molar-refractivity contribution in [1.82, 2.24) is 10.6 Å². The zero-order valence-electron chi connectivity index (χ0n) is 24.7. The van der Waals surface area contributed by atoms with Crippen LogP contribution in [0.5, 0.6) is 0 Å². The molecule has 0 bridgehead atoms. The van der Waals surface area contributed by atoms with Crippen LogP contribution in [0.15, 0.2) is 0 Å². The lowest BCUT2D eigenvalue weighted by Gasteiger charge is -2.22. The quantitative estimate of drug-likeness (QED) is 0.0829. The van der Waals surface area contributed by atoms with Gasteiger partial charge in [-0.1, -0.05) is 84.0 Å². The molecule has 38 heavy (non-hydrogen) atoms. The van der Waals surface area contributed by atoms with Crippen molar-refractivity contribution in [3.05, 3.63) is 0 Å². The highest BCUT2D eigenvalue weighted by atomic mass is 16.5. The first-order valence-corrected chi connectivity index (χ1v) is 15.7. The fourth-order valence-corrected chi connectivity index (χ4v) is 4.59. The Kier molecular flexibility index (Phi) is 25.7. The number of unbranched alkanes of at least 4 members (excludes halogenated alkanes) is 14. The maximum absolute atomic E-state index is 13.0. The molecule has 0 rings (SSSR count). The van der Waals surface area contributed by atoms with Crippen LogP contribution in [0.3, 0.4) is 0 Å². The molecule has 0 aliphatic rings. The number of rotatable bonds is 27. The number of nitrogens with two attached hydrogens (primary N) is 2. The molecular formula is C30H60N4O4. The molecule has 0 unspecified atom stereocenters. The van der Waals surface area contributed by atoms with Gasteiger partial charge in [-0.15, -0.1) is 0 Å². The molecule has 224 valence electrons. The summed E-state index contributed by atoms with van der Waals surface area (Å²) in [7, 11) is 0. The van der Waals surface area contributed by atoms with Crippen LogP contribution in [0.1, 0.15) is 142 Å². The lowest BCUT2D eigenvalue weighted by molar-refractivity contribution is -0.148. The lowest BCUT2D eigenvalue weighted by atomic mass is 10.0. The topological polar surface area (TPSA) is 137 Å². The molecule has 8 heteroatoms. The third-order valence-corrected chi connectivity index (χ3v) is 6.94. The first-order valence-electron chi connectivity index (χ1n) is 15.7. The van der Waals surface area contributed by atoms with Gasteiger partial charge in [0.25, 0.3) is 0 Å². The first kappa shape index (κ1) is 36.3. The molecule has 0 fully saturated rings. The van der Waals surface area contributed by atoms with E-state index in [9.17, 15) is 14.4 Å². The van der Waals surface area contributed by atoms with Crippen LogP contribution in [0, 0.1) is 0 Å². The van der Waals surface area contributed by atoms with E-state index in [-0.39, 0.29) is 18.4 Å². The van der Waals surface area contributed by atoms with E-state index < -0.39 is 18.1 Å². The van der Waals surface area contributed by atoms with E-state index in [2.05, 4.69) is 17.6 Å². The number of hydrogen-bond donors (Lipinski definition) is 4. The summed E-state index contributed by atoms with van der Waals surface area (Å²) < 4.78 is 5.14. The highest BCUT2D eigenvalue weighted by molar-refractivity contribution is 5.90. The summed E-state index contributed by atoms with van der Waals surface area (Å²) in [5, 5.41) is 5.71. The first-order chi connectivity index (χ1) is 18.5. The third-order valence-electron chi connectivity index (χ3n) is 6.94. The van der Waals surface area contributed by atoms with E-state index in [1.54, 1.807) is 6.92 Å². The molecule has 0 heterocycles. The zero-order valence-corrected chi connectivity index (χ0v) is 24.7. The van der Waals surface area contributed by atoms with E-state index in [1.807, 2.05) is 0 Å². The second-order valence-corrected chi connectivity index (χ2v) is 10.5. The van der Waals surface area contributed by atoms with E-state index >= 15 is 0 Å². The van der Waals surface area contributed by atoms with Crippen LogP contribution >= 0.6 is 0 Å². The average molecular weight is 541 g/mol. The van der Waals surface area contributed by atoms with Crippen molar-refractivity contribution in [3.8, 4) is 0 Å². The molecular weight excluding hydrogens is 480 g/mol. The predicted molar refractivity (Wildman–Crippen MR) is 157 cm³/mol. The molecule has 6 N–H and O–H groups in total. The summed E-state index contributed by atoms with van der Waals surface area (Å²) >= 11 is 0. The van der Waals surface area contributed by atoms with Crippen molar-refractivity contribution >= 4 is 17.8 Å². The van der Waals surface area contributed by atoms with Gasteiger partial charge in [0.05, 0.1) is 6.61 Å². The summed E-state index contributed by atoms with van der Waals surface area (Å²) in [5.41, 5.74) is 11.2. The lowest BCUT2D eigenvalue weighted by Crippen LogP contribution is -2.52. The number of ether oxygens (including phenoxy) is 1. The number of carbonyl (C=O) groups excluding carboxylic acids is 3. The van der Waals surface area contributed by atoms with Crippen LogP contribution in [-0.4, -0.2) is 49.6 Å². The summed E-state index contributed by atoms with van der Waals surface area (Å²) in [4.78, 5) is 38.0. The molecule has 0 aromatic heterocycles. The fourth-order valence-electron chi connectivity index (χ4n) is 4.59. The zero-order chi connectivity index (χ0) is 28.3. The minimum atomic E-state index is -0.732. The monoisotopic (exact) mass is 540 g/mol. The summed E-state index contributed by atoms with van der Waals surface area (Å²) in [6.07, 6.45) is 20.7. The van der Waals surface area contributed by atoms with E-state index in [0.717, 1.165) is 38.5 Å². The van der Waals surface area contributed by atoms with Gasteiger partial charge in [0.2, 0.25) is 11.8 Å². The van der Waals surface area contributed by atoms with Crippen LogP contribution in [0.25, 0.3) is 0 Å². The van der Waals surface area contributed by atoms with Crippen molar-refractivity contribution in [1.29, 1.82) is 0 Å². The maximum Gasteiger partial charge on any atom is 0.328 e. The third kappa shape index (κ3) is 21.3. The Balaban J connectivity index is 4.37. The molecule has 0 aliphatic heterocycles. The Labute approximate surface area is 233 Å². The van der Waals surface area contributed by atoms with Crippen molar-refractivity contribution in [2.45, 2.75) is 154 Å². The standard InChI is InChI=1S/C30H60N4O4/c1-3-5-6-7-8-9-10-11-12-13-14-15-16-23-28(35)33-26(21-17-19-24-31)29(36)34-27(22-18-20-25-32)30(37)38-4-2/h26-27H,3-25,31-32H2,1-2H3,(H,33,35)(H,34,36)/t26-,27-/m0/s1.